The topological polar surface area (TPSA) is 75.4 Å². The Hall–Kier alpha value is -1.70. The maximum absolute atomic E-state index is 12.5. The Kier molecular flexibility index (Phi) is 3.36. The molecule has 25 heavy (non-hydrogen) atoms. The fourth-order valence-corrected chi connectivity index (χ4v) is 6.28. The molecule has 6 nitrogen and oxygen atoms in total. The van der Waals surface area contributed by atoms with Crippen molar-refractivity contribution in [3.63, 3.8) is 0 Å². The summed E-state index contributed by atoms with van der Waals surface area (Å²) >= 11 is 0. The largest absolute Gasteiger partial charge is 0.391 e. The molecule has 0 unspecified atom stereocenters. The Balaban J connectivity index is 1.45. The Morgan fingerprint density at radius 2 is 1.96 bits per heavy atom. The number of benzene rings is 1. The smallest absolute Gasteiger partial charge is 0.217 e. The van der Waals surface area contributed by atoms with E-state index >= 15 is 0 Å². The molecule has 1 saturated heterocycles. The van der Waals surface area contributed by atoms with Crippen LogP contribution < -0.4 is 0 Å². The average molecular weight is 359 g/mol. The predicted octanol–water partition coefficient (Wildman–Crippen LogP) is 1.63. The molecule has 0 radical (unpaired) electrons. The molecule has 2 aliphatic heterocycles. The fraction of sp³-hybridized carbons (Fsp3) is 0.500. The normalized spacial score (nSPS) is 29.4. The number of imidazole rings is 1. The molecular weight excluding hydrogens is 338 g/mol. The first kappa shape index (κ1) is 15.5. The summed E-state index contributed by atoms with van der Waals surface area (Å²) in [6.45, 7) is 0.690. The summed E-state index contributed by atoms with van der Waals surface area (Å²) in [6, 6.07) is 8.24. The first-order valence-electron chi connectivity index (χ1n) is 8.85. The highest BCUT2D eigenvalue weighted by Crippen LogP contribution is 2.46. The van der Waals surface area contributed by atoms with Gasteiger partial charge in [0.2, 0.25) is 10.0 Å². The molecule has 132 valence electrons. The van der Waals surface area contributed by atoms with E-state index in [1.165, 1.54) is 9.87 Å². The van der Waals surface area contributed by atoms with E-state index in [4.69, 9.17) is 0 Å². The molecule has 3 atom stereocenters. The molecule has 1 aromatic carbocycles. The van der Waals surface area contributed by atoms with Crippen molar-refractivity contribution in [2.75, 3.05) is 13.1 Å². The highest BCUT2D eigenvalue weighted by Gasteiger charge is 2.46. The van der Waals surface area contributed by atoms with E-state index in [0.717, 1.165) is 24.1 Å². The van der Waals surface area contributed by atoms with Crippen LogP contribution in [0.3, 0.4) is 0 Å². The highest BCUT2D eigenvalue weighted by atomic mass is 32.2. The summed E-state index contributed by atoms with van der Waals surface area (Å²) in [4.78, 5) is 4.27. The average Bonchev–Trinajstić information content (AvgIpc) is 3.29. The zero-order valence-corrected chi connectivity index (χ0v) is 14.6. The minimum atomic E-state index is -3.22. The molecule has 2 aromatic rings. The molecule has 3 aliphatic rings. The Bertz CT molecular complexity index is 919. The Morgan fingerprint density at radius 1 is 1.16 bits per heavy atom. The van der Waals surface area contributed by atoms with Crippen LogP contribution in [0.1, 0.15) is 30.9 Å². The third-order valence-electron chi connectivity index (χ3n) is 5.83. The van der Waals surface area contributed by atoms with E-state index in [1.807, 2.05) is 24.7 Å². The summed E-state index contributed by atoms with van der Waals surface area (Å²) < 4.78 is 28.6. The number of sulfonamides is 1. The lowest BCUT2D eigenvalue weighted by Gasteiger charge is -2.38. The standard InChI is InChI=1S/C18H21N3O3S/c22-17-10-20(25(23,24)12-5-6-12)8-7-15(17)18-14-4-2-1-3-13(14)16-9-19-11-21(16)18/h1-4,9,11-12,15,17-18,22H,5-8,10H2/t15-,17-,18-/m0/s1. The molecular formula is C18H21N3O3S. The second-order valence-electron chi connectivity index (χ2n) is 7.34. The number of nitrogens with zero attached hydrogens (tertiary/aromatic N) is 3. The van der Waals surface area contributed by atoms with Crippen molar-refractivity contribution < 1.29 is 13.5 Å². The van der Waals surface area contributed by atoms with E-state index in [-0.39, 0.29) is 23.8 Å². The Morgan fingerprint density at radius 3 is 2.72 bits per heavy atom. The lowest BCUT2D eigenvalue weighted by molar-refractivity contribution is 0.0342. The first-order valence-corrected chi connectivity index (χ1v) is 10.4. The van der Waals surface area contributed by atoms with Gasteiger partial charge in [-0.3, -0.25) is 0 Å². The number of aliphatic hydroxyl groups excluding tert-OH is 1. The number of β-amino-alcohol motifs (C(OH)–C–C–N with tert-alkyl or cyclic N) is 1. The van der Waals surface area contributed by atoms with E-state index in [1.54, 1.807) is 0 Å². The van der Waals surface area contributed by atoms with E-state index in [2.05, 4.69) is 21.7 Å². The number of hydrogen-bond donors (Lipinski definition) is 1. The molecule has 1 aliphatic carbocycles. The van der Waals surface area contributed by atoms with Crippen LogP contribution in [0.25, 0.3) is 11.3 Å². The molecule has 1 saturated carbocycles. The summed E-state index contributed by atoms with van der Waals surface area (Å²) in [5.74, 6) is -0.0118. The van der Waals surface area contributed by atoms with Crippen molar-refractivity contribution >= 4 is 10.0 Å². The Labute approximate surface area is 147 Å². The van der Waals surface area contributed by atoms with Crippen LogP contribution in [0, 0.1) is 5.92 Å². The number of aliphatic hydroxyl groups is 1. The maximum atomic E-state index is 12.5. The first-order chi connectivity index (χ1) is 12.1. The highest BCUT2D eigenvalue weighted by molar-refractivity contribution is 7.90. The third kappa shape index (κ3) is 2.29. The molecule has 0 spiro atoms. The molecule has 1 N–H and O–H groups in total. The third-order valence-corrected chi connectivity index (χ3v) is 8.19. The lowest BCUT2D eigenvalue weighted by Crippen LogP contribution is -2.49. The van der Waals surface area contributed by atoms with Gasteiger partial charge in [0.25, 0.3) is 0 Å². The van der Waals surface area contributed by atoms with Crippen LogP contribution in [0.4, 0.5) is 0 Å². The van der Waals surface area contributed by atoms with Crippen LogP contribution in [-0.2, 0) is 10.0 Å². The maximum Gasteiger partial charge on any atom is 0.217 e. The van der Waals surface area contributed by atoms with Crippen LogP contribution in [0.5, 0.6) is 0 Å². The summed E-state index contributed by atoms with van der Waals surface area (Å²) in [5, 5.41) is 10.6. The molecule has 1 aromatic heterocycles. The van der Waals surface area contributed by atoms with Crippen molar-refractivity contribution in [2.24, 2.45) is 5.92 Å². The van der Waals surface area contributed by atoms with Crippen molar-refractivity contribution in [2.45, 2.75) is 36.7 Å². The monoisotopic (exact) mass is 359 g/mol. The van der Waals surface area contributed by atoms with Crippen molar-refractivity contribution in [1.29, 1.82) is 0 Å². The van der Waals surface area contributed by atoms with Gasteiger partial charge in [-0.05, 0) is 24.8 Å². The molecule has 5 rings (SSSR count). The van der Waals surface area contributed by atoms with E-state index in [9.17, 15) is 13.5 Å². The van der Waals surface area contributed by atoms with E-state index in [0.29, 0.717) is 13.0 Å². The van der Waals surface area contributed by atoms with Crippen LogP contribution in [0.2, 0.25) is 0 Å². The van der Waals surface area contributed by atoms with Gasteiger partial charge in [-0.25, -0.2) is 13.4 Å². The minimum absolute atomic E-state index is 0.0118. The zero-order chi connectivity index (χ0) is 17.2. The van der Waals surface area contributed by atoms with Crippen LogP contribution in [-0.4, -0.2) is 51.8 Å². The van der Waals surface area contributed by atoms with E-state index < -0.39 is 16.1 Å². The quantitative estimate of drug-likeness (QED) is 0.904. The van der Waals surface area contributed by atoms with Gasteiger partial charge in [0.05, 0.1) is 35.6 Å². The van der Waals surface area contributed by atoms with Crippen LogP contribution >= 0.6 is 0 Å². The van der Waals surface area contributed by atoms with Gasteiger partial charge >= 0.3 is 0 Å². The molecule has 0 bridgehead atoms. The van der Waals surface area contributed by atoms with Gasteiger partial charge in [0.1, 0.15) is 0 Å². The summed E-state index contributed by atoms with van der Waals surface area (Å²) in [7, 11) is -3.22. The van der Waals surface area contributed by atoms with Crippen molar-refractivity contribution in [3.8, 4) is 11.3 Å². The molecule has 0 amide bonds. The summed E-state index contributed by atoms with van der Waals surface area (Å²) in [6.07, 6.45) is 5.18. The zero-order valence-electron chi connectivity index (χ0n) is 13.8. The van der Waals surface area contributed by atoms with Gasteiger partial charge in [0, 0.05) is 24.6 Å². The van der Waals surface area contributed by atoms with Gasteiger partial charge in [-0.15, -0.1) is 0 Å². The number of aromatic nitrogens is 2. The SMILES string of the molecule is O=S(=O)(C1CC1)N1CC[C@H]([C@@H]2c3ccccc3-c3cncn32)[C@@H](O)C1. The number of fused-ring (bicyclic) bond motifs is 3. The van der Waals surface area contributed by atoms with Crippen LogP contribution in [0.15, 0.2) is 36.8 Å². The molecule has 3 heterocycles. The minimum Gasteiger partial charge on any atom is -0.391 e. The van der Waals surface area contributed by atoms with Gasteiger partial charge in [0.15, 0.2) is 0 Å². The van der Waals surface area contributed by atoms with Gasteiger partial charge in [-0.2, -0.15) is 4.31 Å². The van der Waals surface area contributed by atoms with Gasteiger partial charge in [-0.1, -0.05) is 24.3 Å². The van der Waals surface area contributed by atoms with Crippen molar-refractivity contribution in [1.82, 2.24) is 13.9 Å². The second kappa shape index (κ2) is 5.40. The summed E-state index contributed by atoms with van der Waals surface area (Å²) in [5.41, 5.74) is 3.42. The fourth-order valence-electron chi connectivity index (χ4n) is 4.41. The number of rotatable bonds is 3. The number of piperidine rings is 1. The molecule has 7 heteroatoms. The van der Waals surface area contributed by atoms with Gasteiger partial charge < -0.3 is 9.67 Å². The second-order valence-corrected chi connectivity index (χ2v) is 9.55. The lowest BCUT2D eigenvalue weighted by atomic mass is 9.84. The molecule has 2 fully saturated rings. The predicted molar refractivity (Wildman–Crippen MR) is 93.4 cm³/mol. The van der Waals surface area contributed by atoms with Crippen molar-refractivity contribution in [3.05, 3.63) is 42.4 Å². The number of hydrogen-bond acceptors (Lipinski definition) is 4.